The predicted molar refractivity (Wildman–Crippen MR) is 82.1 cm³/mol. The third kappa shape index (κ3) is 3.04. The Kier molecular flexibility index (Phi) is 4.37. The summed E-state index contributed by atoms with van der Waals surface area (Å²) < 4.78 is 0. The van der Waals surface area contributed by atoms with Crippen LogP contribution in [0.3, 0.4) is 0 Å². The summed E-state index contributed by atoms with van der Waals surface area (Å²) in [5, 5.41) is 10.9. The molecule has 0 saturated carbocycles. The Hall–Kier alpha value is -1.62. The normalized spacial score (nSPS) is 10.5. The van der Waals surface area contributed by atoms with Crippen LogP contribution >= 0.6 is 11.3 Å². The highest BCUT2D eigenvalue weighted by Crippen LogP contribution is 2.21. The fraction of sp³-hybridized carbons (Fsp3) is 0.429. The molecule has 0 bridgehead atoms. The first-order valence-corrected chi connectivity index (χ1v) is 7.40. The number of anilines is 2. The van der Waals surface area contributed by atoms with Crippen molar-refractivity contribution in [1.82, 2.24) is 9.97 Å². The van der Waals surface area contributed by atoms with Crippen LogP contribution in [0.5, 0.6) is 0 Å². The highest BCUT2D eigenvalue weighted by atomic mass is 32.1. The van der Waals surface area contributed by atoms with Crippen molar-refractivity contribution in [2.24, 2.45) is 0 Å². The van der Waals surface area contributed by atoms with Crippen molar-refractivity contribution in [3.05, 3.63) is 33.3 Å². The molecule has 2 aromatic rings. The molecule has 0 radical (unpaired) electrons. The minimum absolute atomic E-state index is 0.805. The van der Waals surface area contributed by atoms with Gasteiger partial charge in [-0.05, 0) is 35.7 Å². The molecule has 5 heteroatoms. The third-order valence-corrected chi connectivity index (χ3v) is 4.06. The van der Waals surface area contributed by atoms with Gasteiger partial charge in [0.1, 0.15) is 17.5 Å². The van der Waals surface area contributed by atoms with E-state index in [0.717, 1.165) is 36.0 Å². The maximum absolute atomic E-state index is 4.57. The molecule has 0 unspecified atom stereocenters. The second-order valence-electron chi connectivity index (χ2n) is 4.50. The summed E-state index contributed by atoms with van der Waals surface area (Å²) >= 11 is 1.74. The van der Waals surface area contributed by atoms with Gasteiger partial charge in [-0.15, -0.1) is 0 Å². The summed E-state index contributed by atoms with van der Waals surface area (Å²) in [6.07, 6.45) is 0.834. The lowest BCUT2D eigenvalue weighted by molar-refractivity contribution is 0.924. The summed E-state index contributed by atoms with van der Waals surface area (Å²) in [4.78, 5) is 9.04. The van der Waals surface area contributed by atoms with E-state index >= 15 is 0 Å². The van der Waals surface area contributed by atoms with Crippen molar-refractivity contribution in [1.29, 1.82) is 0 Å². The average Bonchev–Trinajstić information content (AvgIpc) is 2.83. The number of aryl methyl sites for hydroxylation is 2. The van der Waals surface area contributed by atoms with E-state index in [1.807, 2.05) is 14.0 Å². The van der Waals surface area contributed by atoms with Crippen molar-refractivity contribution in [2.45, 2.75) is 33.7 Å². The van der Waals surface area contributed by atoms with E-state index in [2.05, 4.69) is 45.2 Å². The molecular formula is C14H20N4S. The minimum atomic E-state index is 0.805. The molecule has 0 aliphatic rings. The molecule has 0 fully saturated rings. The van der Waals surface area contributed by atoms with Crippen molar-refractivity contribution >= 4 is 23.0 Å². The average molecular weight is 276 g/mol. The van der Waals surface area contributed by atoms with Gasteiger partial charge in [0.2, 0.25) is 0 Å². The Bertz CT molecular complexity index is 563. The number of rotatable bonds is 5. The first kappa shape index (κ1) is 13.8. The van der Waals surface area contributed by atoms with Gasteiger partial charge in [0.25, 0.3) is 0 Å². The van der Waals surface area contributed by atoms with Crippen LogP contribution < -0.4 is 10.6 Å². The van der Waals surface area contributed by atoms with Crippen LogP contribution in [0.15, 0.2) is 10.8 Å². The first-order chi connectivity index (χ1) is 9.15. The number of nitrogens with zero attached hydrogens (tertiary/aromatic N) is 2. The molecule has 2 heterocycles. The van der Waals surface area contributed by atoms with Gasteiger partial charge < -0.3 is 10.6 Å². The lowest BCUT2D eigenvalue weighted by Crippen LogP contribution is -2.09. The van der Waals surface area contributed by atoms with Gasteiger partial charge in [-0.25, -0.2) is 9.97 Å². The Morgan fingerprint density at radius 3 is 2.47 bits per heavy atom. The van der Waals surface area contributed by atoms with Crippen LogP contribution in [0.2, 0.25) is 0 Å². The number of hydrogen-bond acceptors (Lipinski definition) is 5. The summed E-state index contributed by atoms with van der Waals surface area (Å²) in [7, 11) is 1.89. The highest BCUT2D eigenvalue weighted by molar-refractivity contribution is 7.08. The Balaban J connectivity index is 2.22. The van der Waals surface area contributed by atoms with Gasteiger partial charge in [0, 0.05) is 25.6 Å². The standard InChI is InChI=1S/C14H20N4S/c1-5-12-17-13(15-4)10(3)14(18-12)16-6-11-8-19-7-9(11)2/h7-8H,5-6H2,1-4H3,(H2,15,16,17,18). The van der Waals surface area contributed by atoms with Crippen LogP contribution in [0, 0.1) is 13.8 Å². The van der Waals surface area contributed by atoms with Crippen molar-refractivity contribution in [2.75, 3.05) is 17.7 Å². The van der Waals surface area contributed by atoms with Gasteiger partial charge in [0.05, 0.1) is 0 Å². The van der Waals surface area contributed by atoms with E-state index in [4.69, 9.17) is 0 Å². The molecule has 2 N–H and O–H groups in total. The molecule has 2 rings (SSSR count). The summed E-state index contributed by atoms with van der Waals surface area (Å²) in [6.45, 7) is 7.04. The SMILES string of the molecule is CCc1nc(NC)c(C)c(NCc2cscc2C)n1. The molecule has 19 heavy (non-hydrogen) atoms. The minimum Gasteiger partial charge on any atom is -0.373 e. The topological polar surface area (TPSA) is 49.8 Å². The summed E-state index contributed by atoms with van der Waals surface area (Å²) in [5.41, 5.74) is 3.72. The van der Waals surface area contributed by atoms with Crippen molar-refractivity contribution in [3.63, 3.8) is 0 Å². The van der Waals surface area contributed by atoms with E-state index in [1.165, 1.54) is 11.1 Å². The molecular weight excluding hydrogens is 256 g/mol. The van der Waals surface area contributed by atoms with Crippen LogP contribution in [-0.4, -0.2) is 17.0 Å². The monoisotopic (exact) mass is 276 g/mol. The van der Waals surface area contributed by atoms with Gasteiger partial charge in [-0.2, -0.15) is 11.3 Å². The van der Waals surface area contributed by atoms with Gasteiger partial charge in [-0.3, -0.25) is 0 Å². The summed E-state index contributed by atoms with van der Waals surface area (Å²) in [5.74, 6) is 2.68. The van der Waals surface area contributed by atoms with Crippen LogP contribution in [0.4, 0.5) is 11.6 Å². The van der Waals surface area contributed by atoms with E-state index in [0.29, 0.717) is 0 Å². The van der Waals surface area contributed by atoms with E-state index in [1.54, 1.807) is 11.3 Å². The summed E-state index contributed by atoms with van der Waals surface area (Å²) in [6, 6.07) is 0. The molecule has 0 aliphatic carbocycles. The molecule has 4 nitrogen and oxygen atoms in total. The number of aromatic nitrogens is 2. The molecule has 0 aromatic carbocycles. The maximum atomic E-state index is 4.57. The smallest absolute Gasteiger partial charge is 0.135 e. The molecule has 0 spiro atoms. The first-order valence-electron chi connectivity index (χ1n) is 6.46. The van der Waals surface area contributed by atoms with Crippen LogP contribution in [0.1, 0.15) is 29.4 Å². The second kappa shape index (κ2) is 6.02. The fourth-order valence-electron chi connectivity index (χ4n) is 1.88. The number of hydrogen-bond donors (Lipinski definition) is 2. The predicted octanol–water partition coefficient (Wildman–Crippen LogP) is 3.37. The third-order valence-electron chi connectivity index (χ3n) is 3.15. The zero-order valence-corrected chi connectivity index (χ0v) is 12.7. The van der Waals surface area contributed by atoms with Gasteiger partial charge in [0.15, 0.2) is 0 Å². The molecule has 0 aliphatic heterocycles. The number of thiophene rings is 1. The zero-order chi connectivity index (χ0) is 13.8. The van der Waals surface area contributed by atoms with E-state index in [9.17, 15) is 0 Å². The molecule has 102 valence electrons. The quantitative estimate of drug-likeness (QED) is 0.879. The Morgan fingerprint density at radius 2 is 1.89 bits per heavy atom. The fourth-order valence-corrected chi connectivity index (χ4v) is 2.74. The van der Waals surface area contributed by atoms with E-state index < -0.39 is 0 Å². The molecule has 0 atom stereocenters. The molecule has 0 amide bonds. The second-order valence-corrected chi connectivity index (χ2v) is 5.24. The van der Waals surface area contributed by atoms with Crippen LogP contribution in [-0.2, 0) is 13.0 Å². The largest absolute Gasteiger partial charge is 0.373 e. The van der Waals surface area contributed by atoms with E-state index in [-0.39, 0.29) is 0 Å². The van der Waals surface area contributed by atoms with Crippen molar-refractivity contribution < 1.29 is 0 Å². The lowest BCUT2D eigenvalue weighted by Gasteiger charge is -2.13. The van der Waals surface area contributed by atoms with Crippen molar-refractivity contribution in [3.8, 4) is 0 Å². The molecule has 2 aromatic heterocycles. The van der Waals surface area contributed by atoms with Crippen LogP contribution in [0.25, 0.3) is 0 Å². The maximum Gasteiger partial charge on any atom is 0.135 e. The Morgan fingerprint density at radius 1 is 1.16 bits per heavy atom. The lowest BCUT2D eigenvalue weighted by atomic mass is 10.2. The Labute approximate surface area is 118 Å². The van der Waals surface area contributed by atoms with Gasteiger partial charge >= 0.3 is 0 Å². The van der Waals surface area contributed by atoms with Gasteiger partial charge in [-0.1, -0.05) is 6.92 Å². The highest BCUT2D eigenvalue weighted by Gasteiger charge is 2.09. The zero-order valence-electron chi connectivity index (χ0n) is 11.9. The molecule has 0 saturated heterocycles. The number of nitrogens with one attached hydrogen (secondary N) is 2.